The lowest BCUT2D eigenvalue weighted by atomic mass is 10.3. The van der Waals surface area contributed by atoms with E-state index in [1.54, 1.807) is 6.92 Å². The first-order valence-corrected chi connectivity index (χ1v) is 5.46. The third-order valence-electron chi connectivity index (χ3n) is 2.54. The summed E-state index contributed by atoms with van der Waals surface area (Å²) in [5, 5.41) is 11.7. The zero-order chi connectivity index (χ0) is 13.0. The van der Waals surface area contributed by atoms with E-state index in [4.69, 9.17) is 0 Å². The van der Waals surface area contributed by atoms with Crippen molar-refractivity contribution in [3.05, 3.63) is 0 Å². The number of urea groups is 1. The Morgan fingerprint density at radius 1 is 1.53 bits per heavy atom. The third-order valence-corrected chi connectivity index (χ3v) is 2.54. The van der Waals surface area contributed by atoms with Gasteiger partial charge >= 0.3 is 6.03 Å². The molecule has 0 radical (unpaired) electrons. The van der Waals surface area contributed by atoms with Gasteiger partial charge in [0.2, 0.25) is 5.91 Å². The van der Waals surface area contributed by atoms with Crippen LogP contribution in [0.5, 0.6) is 0 Å². The summed E-state index contributed by atoms with van der Waals surface area (Å²) in [6.45, 7) is 1.63. The van der Waals surface area contributed by atoms with Crippen LogP contribution in [0.25, 0.3) is 0 Å². The lowest BCUT2D eigenvalue weighted by molar-refractivity contribution is -0.130. The first kappa shape index (κ1) is 13.4. The second kappa shape index (κ2) is 5.62. The number of amides is 4. The molecule has 1 aliphatic rings. The quantitative estimate of drug-likeness (QED) is 0.591. The number of aliphatic hydroxyl groups excluding tert-OH is 1. The number of aliphatic hydroxyl groups is 1. The Labute approximate surface area is 99.4 Å². The minimum Gasteiger partial charge on any atom is -0.391 e. The minimum absolute atomic E-state index is 0.00367. The second-order valence-corrected chi connectivity index (χ2v) is 3.98. The molecular formula is C10H17N3O4. The Hall–Kier alpha value is -1.63. The summed E-state index contributed by atoms with van der Waals surface area (Å²) >= 11 is 0. The summed E-state index contributed by atoms with van der Waals surface area (Å²) < 4.78 is 0. The molecule has 4 amide bonds. The van der Waals surface area contributed by atoms with Crippen LogP contribution in [-0.4, -0.2) is 65.5 Å². The molecule has 1 heterocycles. The van der Waals surface area contributed by atoms with Gasteiger partial charge < -0.3 is 15.3 Å². The molecule has 96 valence electrons. The van der Waals surface area contributed by atoms with E-state index >= 15 is 0 Å². The first-order chi connectivity index (χ1) is 7.95. The highest BCUT2D eigenvalue weighted by Gasteiger charge is 2.34. The highest BCUT2D eigenvalue weighted by molar-refractivity contribution is 6.04. The standard InChI is InChI=1S/C10H17N3O4/c1-3-7(14)4-11-8(15)5-13-9(16)6-12(2)10(13)17/h7,14H,3-6H2,1-2H3,(H,11,15). The average Bonchev–Trinajstić information content (AvgIpc) is 2.53. The summed E-state index contributed by atoms with van der Waals surface area (Å²) in [4.78, 5) is 36.4. The number of likely N-dealkylation sites (N-methyl/N-ethyl adjacent to an activating group) is 1. The number of hydrogen-bond acceptors (Lipinski definition) is 4. The highest BCUT2D eigenvalue weighted by atomic mass is 16.3. The van der Waals surface area contributed by atoms with Crippen molar-refractivity contribution in [2.24, 2.45) is 0 Å². The van der Waals surface area contributed by atoms with Crippen LogP contribution in [0.1, 0.15) is 13.3 Å². The normalized spacial score (nSPS) is 17.6. The Morgan fingerprint density at radius 3 is 2.65 bits per heavy atom. The van der Waals surface area contributed by atoms with Gasteiger partial charge in [0.25, 0.3) is 5.91 Å². The van der Waals surface area contributed by atoms with Crippen molar-refractivity contribution >= 4 is 17.8 Å². The van der Waals surface area contributed by atoms with E-state index in [1.165, 1.54) is 11.9 Å². The van der Waals surface area contributed by atoms with Crippen molar-refractivity contribution in [1.82, 2.24) is 15.1 Å². The maximum absolute atomic E-state index is 11.4. The number of carbonyl (C=O) groups excluding carboxylic acids is 3. The van der Waals surface area contributed by atoms with Crippen molar-refractivity contribution in [1.29, 1.82) is 0 Å². The lowest BCUT2D eigenvalue weighted by Crippen LogP contribution is -2.42. The van der Waals surface area contributed by atoms with E-state index in [1.807, 2.05) is 0 Å². The van der Waals surface area contributed by atoms with Crippen molar-refractivity contribution in [3.63, 3.8) is 0 Å². The number of nitrogens with one attached hydrogen (secondary N) is 1. The summed E-state index contributed by atoms with van der Waals surface area (Å²) in [6.07, 6.45) is -0.0727. The van der Waals surface area contributed by atoms with Gasteiger partial charge in [-0.15, -0.1) is 0 Å². The lowest BCUT2D eigenvalue weighted by Gasteiger charge is -2.14. The minimum atomic E-state index is -0.605. The molecule has 7 nitrogen and oxygen atoms in total. The molecule has 1 unspecified atom stereocenters. The molecule has 1 rings (SSSR count). The van der Waals surface area contributed by atoms with E-state index in [9.17, 15) is 19.5 Å². The Kier molecular flexibility index (Phi) is 4.45. The monoisotopic (exact) mass is 243 g/mol. The fourth-order valence-electron chi connectivity index (χ4n) is 1.40. The van der Waals surface area contributed by atoms with Gasteiger partial charge in [-0.2, -0.15) is 0 Å². The van der Waals surface area contributed by atoms with Crippen LogP contribution in [0.2, 0.25) is 0 Å². The second-order valence-electron chi connectivity index (χ2n) is 3.98. The van der Waals surface area contributed by atoms with Gasteiger partial charge in [-0.3, -0.25) is 14.5 Å². The van der Waals surface area contributed by atoms with Crippen molar-refractivity contribution in [3.8, 4) is 0 Å². The van der Waals surface area contributed by atoms with Gasteiger partial charge in [0.15, 0.2) is 0 Å². The van der Waals surface area contributed by atoms with Crippen LogP contribution in [0, 0.1) is 0 Å². The number of hydrogen-bond donors (Lipinski definition) is 2. The number of rotatable bonds is 5. The Morgan fingerprint density at radius 2 is 2.18 bits per heavy atom. The average molecular weight is 243 g/mol. The molecular weight excluding hydrogens is 226 g/mol. The maximum atomic E-state index is 11.4. The van der Waals surface area contributed by atoms with E-state index in [-0.39, 0.29) is 25.5 Å². The molecule has 0 saturated carbocycles. The highest BCUT2D eigenvalue weighted by Crippen LogP contribution is 2.06. The van der Waals surface area contributed by atoms with Crippen molar-refractivity contribution in [2.45, 2.75) is 19.4 Å². The molecule has 0 spiro atoms. The molecule has 1 atom stereocenters. The molecule has 0 bridgehead atoms. The molecule has 0 aliphatic carbocycles. The molecule has 0 aromatic rings. The zero-order valence-electron chi connectivity index (χ0n) is 9.97. The SMILES string of the molecule is CCC(O)CNC(=O)CN1C(=O)CN(C)C1=O. The summed E-state index contributed by atoms with van der Waals surface area (Å²) in [7, 11) is 1.50. The molecule has 0 aromatic heterocycles. The number of nitrogens with zero attached hydrogens (tertiary/aromatic N) is 2. The third kappa shape index (κ3) is 3.42. The molecule has 7 heteroatoms. The van der Waals surface area contributed by atoms with E-state index in [2.05, 4.69) is 5.32 Å². The van der Waals surface area contributed by atoms with E-state index in [0.29, 0.717) is 6.42 Å². The molecule has 0 aromatic carbocycles. The van der Waals surface area contributed by atoms with Crippen LogP contribution >= 0.6 is 0 Å². The van der Waals surface area contributed by atoms with Gasteiger partial charge in [-0.1, -0.05) is 6.92 Å². The summed E-state index contributed by atoms with van der Waals surface area (Å²) in [5.41, 5.74) is 0. The number of imide groups is 1. The Bertz CT molecular complexity index is 332. The Balaban J connectivity index is 2.41. The summed E-state index contributed by atoms with van der Waals surface area (Å²) in [6, 6.07) is -0.471. The zero-order valence-corrected chi connectivity index (χ0v) is 9.97. The fourth-order valence-corrected chi connectivity index (χ4v) is 1.40. The van der Waals surface area contributed by atoms with Gasteiger partial charge in [0, 0.05) is 13.6 Å². The molecule has 1 aliphatic heterocycles. The summed E-state index contributed by atoms with van der Waals surface area (Å²) in [5.74, 6) is -0.835. The predicted octanol–water partition coefficient (Wildman–Crippen LogP) is -1.23. The van der Waals surface area contributed by atoms with Crippen molar-refractivity contribution < 1.29 is 19.5 Å². The van der Waals surface area contributed by atoms with Gasteiger partial charge in [-0.25, -0.2) is 4.79 Å². The molecule has 1 fully saturated rings. The maximum Gasteiger partial charge on any atom is 0.327 e. The predicted molar refractivity (Wildman–Crippen MR) is 59.0 cm³/mol. The smallest absolute Gasteiger partial charge is 0.327 e. The number of carbonyl (C=O) groups is 3. The largest absolute Gasteiger partial charge is 0.391 e. The van der Waals surface area contributed by atoms with Crippen LogP contribution in [0.15, 0.2) is 0 Å². The van der Waals surface area contributed by atoms with Crippen LogP contribution < -0.4 is 5.32 Å². The van der Waals surface area contributed by atoms with Crippen LogP contribution in [0.3, 0.4) is 0 Å². The topological polar surface area (TPSA) is 89.9 Å². The molecule has 2 N–H and O–H groups in total. The molecule has 1 saturated heterocycles. The van der Waals surface area contributed by atoms with Gasteiger partial charge in [0.1, 0.15) is 13.1 Å². The van der Waals surface area contributed by atoms with Gasteiger partial charge in [0.05, 0.1) is 6.10 Å². The molecule has 17 heavy (non-hydrogen) atoms. The first-order valence-electron chi connectivity index (χ1n) is 5.46. The van der Waals surface area contributed by atoms with E-state index < -0.39 is 18.0 Å². The van der Waals surface area contributed by atoms with Crippen LogP contribution in [-0.2, 0) is 9.59 Å². The fraction of sp³-hybridized carbons (Fsp3) is 0.700. The van der Waals surface area contributed by atoms with Crippen LogP contribution in [0.4, 0.5) is 4.79 Å². The van der Waals surface area contributed by atoms with Gasteiger partial charge in [-0.05, 0) is 6.42 Å². The van der Waals surface area contributed by atoms with Crippen molar-refractivity contribution in [2.75, 3.05) is 26.7 Å². The van der Waals surface area contributed by atoms with E-state index in [0.717, 1.165) is 4.90 Å².